The molecule has 6 aromatic rings. The molecule has 6 bridgehead atoms. The van der Waals surface area contributed by atoms with E-state index in [1.54, 1.807) is 6.20 Å². The zero-order chi connectivity index (χ0) is 27.3. The van der Waals surface area contributed by atoms with Crippen LogP contribution in [0.25, 0.3) is 79.1 Å². The molecule has 1 radical (unpaired) electrons. The molecule has 203 valence electrons. The third-order valence-corrected chi connectivity index (χ3v) is 7.09. The number of hydrogen-bond donors (Lipinski definition) is 0. The molecule has 2 aliphatic rings. The van der Waals surface area contributed by atoms with Gasteiger partial charge in [0.15, 0.2) is 0 Å². The van der Waals surface area contributed by atoms with Crippen molar-refractivity contribution in [3.63, 3.8) is 0 Å². The van der Waals surface area contributed by atoms with Crippen LogP contribution in [0.5, 0.6) is 0 Å². The molecule has 0 spiro atoms. The minimum Gasteiger partial charge on any atom is -0.366 e. The molecule has 0 saturated heterocycles. The van der Waals surface area contributed by atoms with E-state index in [9.17, 15) is 0 Å². The van der Waals surface area contributed by atoms with Gasteiger partial charge in [-0.15, -0.1) is 0 Å². The van der Waals surface area contributed by atoms with Crippen LogP contribution < -0.4 is 9.97 Å². The summed E-state index contributed by atoms with van der Waals surface area (Å²) in [5.74, 6) is 2.40. The van der Waals surface area contributed by atoms with Gasteiger partial charge in [-0.3, -0.25) is 4.98 Å². The van der Waals surface area contributed by atoms with Crippen LogP contribution in [0, 0.1) is 6.92 Å². The Labute approximate surface area is 250 Å². The van der Waals surface area contributed by atoms with Crippen LogP contribution in [-0.4, -0.2) is 34.9 Å². The first-order valence-electron chi connectivity index (χ1n) is 13.1. The van der Waals surface area contributed by atoms with Gasteiger partial charge in [-0.1, -0.05) is 72.8 Å². The van der Waals surface area contributed by atoms with E-state index in [4.69, 9.17) is 34.9 Å². The van der Waals surface area contributed by atoms with Crippen molar-refractivity contribution < 1.29 is 17.1 Å². The van der Waals surface area contributed by atoms with Crippen molar-refractivity contribution in [2.24, 2.45) is 0 Å². The van der Waals surface area contributed by atoms with E-state index in [1.807, 2.05) is 91.9 Å². The Bertz CT molecular complexity index is 2200. The van der Waals surface area contributed by atoms with Gasteiger partial charge in [-0.2, -0.15) is 0 Å². The fourth-order valence-corrected chi connectivity index (χ4v) is 5.10. The Morgan fingerprint density at radius 1 is 0.524 bits per heavy atom. The van der Waals surface area contributed by atoms with Crippen molar-refractivity contribution in [3.8, 4) is 57.1 Å². The number of fused-ring (bicyclic) bond motifs is 15. The molecule has 42 heavy (non-hydrogen) atoms. The molecule has 5 heterocycles. The number of hydrogen-bond acceptors (Lipinski definition) is 7. The van der Waals surface area contributed by atoms with Crippen LogP contribution >= 0.6 is 0 Å². The van der Waals surface area contributed by atoms with Gasteiger partial charge in [-0.05, 0) is 47.3 Å². The molecule has 8 rings (SSSR count). The van der Waals surface area contributed by atoms with Gasteiger partial charge in [0, 0.05) is 40.0 Å². The van der Waals surface area contributed by atoms with Crippen molar-refractivity contribution >= 4 is 22.1 Å². The van der Waals surface area contributed by atoms with E-state index in [0.29, 0.717) is 46.1 Å². The maximum atomic E-state index is 4.92. The summed E-state index contributed by atoms with van der Waals surface area (Å²) in [6.45, 7) is 2.02. The number of aromatic nitrogens is 9. The second kappa shape index (κ2) is 10.3. The molecule has 3 aromatic heterocycles. The van der Waals surface area contributed by atoms with Gasteiger partial charge < -0.3 is 29.9 Å². The first kappa shape index (κ1) is 25.6. The summed E-state index contributed by atoms with van der Waals surface area (Å²) in [4.78, 5) is 43.1. The topological polar surface area (TPSA) is 118 Å². The molecule has 2 aliphatic heterocycles. The quantitative estimate of drug-likeness (QED) is 0.219. The van der Waals surface area contributed by atoms with E-state index in [2.05, 4.69) is 9.97 Å². The Morgan fingerprint density at radius 2 is 1.12 bits per heavy atom. The molecular formula is C32H19CuN9. The summed E-state index contributed by atoms with van der Waals surface area (Å²) in [7, 11) is 0. The maximum absolute atomic E-state index is 4.92. The zero-order valence-corrected chi connectivity index (χ0v) is 23.0. The van der Waals surface area contributed by atoms with Crippen LogP contribution in [0.15, 0.2) is 97.5 Å². The Balaban J connectivity index is 0.00000288. The van der Waals surface area contributed by atoms with Crippen molar-refractivity contribution in [1.82, 2.24) is 44.9 Å². The predicted molar refractivity (Wildman–Crippen MR) is 156 cm³/mol. The predicted octanol–water partition coefficient (Wildman–Crippen LogP) is 5.75. The number of pyridine rings is 1. The van der Waals surface area contributed by atoms with Crippen molar-refractivity contribution in [2.45, 2.75) is 6.92 Å². The molecule has 0 atom stereocenters. The molecule has 10 heteroatoms. The van der Waals surface area contributed by atoms with Gasteiger partial charge in [0.2, 0.25) is 0 Å². The molecule has 0 unspecified atom stereocenters. The monoisotopic (exact) mass is 592 g/mol. The van der Waals surface area contributed by atoms with Gasteiger partial charge in [-0.25, -0.2) is 9.97 Å². The average molecular weight is 593 g/mol. The summed E-state index contributed by atoms with van der Waals surface area (Å²) in [6, 6.07) is 27.5. The molecule has 0 aliphatic carbocycles. The molecule has 0 fully saturated rings. The summed E-state index contributed by atoms with van der Waals surface area (Å²) < 4.78 is 0. The standard InChI is InChI=1S/C32H19N9.Cu/c1-18-9-2-3-10-19(18)26-34-17-35-27-20-11-4-5-12-21(20)28(36-27)38-29-22-13-6-7-14-23(22)30(39-29)40-31-24-15-8-16-33-25(24)32(37-26)41-31;/h2-17H,1H3;/q-2;+2. The fraction of sp³-hybridized carbons (Fsp3) is 0.0312. The number of rotatable bonds is 1. The first-order valence-corrected chi connectivity index (χ1v) is 13.1. The third-order valence-electron chi connectivity index (χ3n) is 7.09. The van der Waals surface area contributed by atoms with E-state index >= 15 is 0 Å². The largest absolute Gasteiger partial charge is 2.00 e. The van der Waals surface area contributed by atoms with E-state index in [-0.39, 0.29) is 17.1 Å². The van der Waals surface area contributed by atoms with Gasteiger partial charge in [0.05, 0.1) is 17.5 Å². The number of aryl methyl sites for hydroxylation is 1. The van der Waals surface area contributed by atoms with Gasteiger partial charge in [0.1, 0.15) is 11.5 Å². The summed E-state index contributed by atoms with van der Waals surface area (Å²) >= 11 is 0. The molecule has 0 saturated carbocycles. The van der Waals surface area contributed by atoms with Crippen LogP contribution in [0.3, 0.4) is 0 Å². The smallest absolute Gasteiger partial charge is 0.366 e. The van der Waals surface area contributed by atoms with Crippen molar-refractivity contribution in [3.05, 3.63) is 103 Å². The number of benzene rings is 3. The van der Waals surface area contributed by atoms with Gasteiger partial charge >= 0.3 is 17.1 Å². The Kier molecular flexibility index (Phi) is 6.27. The second-order valence-electron chi connectivity index (χ2n) is 9.62. The normalized spacial score (nSPS) is 11.3. The minimum absolute atomic E-state index is 0. The summed E-state index contributed by atoms with van der Waals surface area (Å²) in [5.41, 5.74) is 6.07. The maximum Gasteiger partial charge on any atom is 2.00 e. The van der Waals surface area contributed by atoms with Crippen LogP contribution in [0.4, 0.5) is 0 Å². The molecule has 3 aromatic carbocycles. The van der Waals surface area contributed by atoms with Crippen molar-refractivity contribution in [2.75, 3.05) is 0 Å². The van der Waals surface area contributed by atoms with E-state index in [1.165, 1.54) is 6.33 Å². The summed E-state index contributed by atoms with van der Waals surface area (Å²) in [5, 5.41) is 1.74. The van der Waals surface area contributed by atoms with Crippen LogP contribution in [-0.2, 0) is 17.1 Å². The van der Waals surface area contributed by atoms with E-state index < -0.39 is 0 Å². The van der Waals surface area contributed by atoms with Crippen molar-refractivity contribution in [1.29, 1.82) is 0 Å². The molecule has 0 amide bonds. The van der Waals surface area contributed by atoms with Gasteiger partial charge in [0.25, 0.3) is 0 Å². The Hall–Kier alpha value is -5.31. The first-order chi connectivity index (χ1) is 20.2. The zero-order valence-electron chi connectivity index (χ0n) is 22.1. The average Bonchev–Trinajstić information content (AvgIpc) is 3.65. The Morgan fingerprint density at radius 3 is 1.86 bits per heavy atom. The number of nitrogens with zero attached hydrogens (tertiary/aromatic N) is 9. The third kappa shape index (κ3) is 4.21. The second-order valence-corrected chi connectivity index (χ2v) is 9.62. The van der Waals surface area contributed by atoms with E-state index in [0.717, 1.165) is 38.6 Å². The SMILES string of the molecule is Cc1ccccc1-c1nc2nc(nc3[n-]c(nc4nc(nc[n-]1)-c1ccccc1-4)c1ccccc31)-c1cccnc1-2.[Cu+2]. The fourth-order valence-electron chi connectivity index (χ4n) is 5.10. The summed E-state index contributed by atoms with van der Waals surface area (Å²) in [6.07, 6.45) is 3.20. The minimum atomic E-state index is 0. The van der Waals surface area contributed by atoms with Crippen LogP contribution in [0.2, 0.25) is 0 Å². The molecule has 9 nitrogen and oxygen atoms in total. The van der Waals surface area contributed by atoms with Crippen LogP contribution in [0.1, 0.15) is 5.56 Å². The molecule has 0 N–H and O–H groups in total. The molecular weight excluding hydrogens is 574 g/mol.